The van der Waals surface area contributed by atoms with Gasteiger partial charge in [0.2, 0.25) is 0 Å². The number of aryl methyl sites for hydroxylation is 1. The molecule has 3 aromatic rings. The van der Waals surface area contributed by atoms with Gasteiger partial charge >= 0.3 is 5.97 Å². The Kier molecular flexibility index (Phi) is 8.91. The maximum atomic E-state index is 14.5. The van der Waals surface area contributed by atoms with Gasteiger partial charge in [0.05, 0.1) is 30.6 Å². The molecule has 0 saturated heterocycles. The average molecular weight is 531 g/mol. The van der Waals surface area contributed by atoms with Crippen molar-refractivity contribution in [1.82, 2.24) is 4.98 Å². The Labute approximate surface area is 218 Å². The van der Waals surface area contributed by atoms with Gasteiger partial charge in [-0.3, -0.25) is 4.98 Å². The van der Waals surface area contributed by atoms with Gasteiger partial charge in [-0.15, -0.1) is 0 Å². The number of methoxy groups -OCH3 is 1. The zero-order valence-corrected chi connectivity index (χ0v) is 23.6. The van der Waals surface area contributed by atoms with E-state index in [9.17, 15) is 13.6 Å². The Morgan fingerprint density at radius 2 is 1.86 bits per heavy atom. The standard InChI is InChI=1S/C28H36F2N2O4Si/c1-8-35-27(33)21-17-31-24-16-25(34-5)18(10-9-13-36-37(6,7)28(2,3)4)14-20(24)26(21)32-23-12-11-19(29)15-22(23)30/h11-12,14-17H,8-10,13H2,1-7H3,(H,31,32). The van der Waals surface area contributed by atoms with E-state index in [0.717, 1.165) is 24.1 Å². The predicted molar refractivity (Wildman–Crippen MR) is 145 cm³/mol. The maximum absolute atomic E-state index is 14.5. The minimum atomic E-state index is -1.86. The molecule has 0 bridgehead atoms. The molecule has 1 N–H and O–H groups in total. The highest BCUT2D eigenvalue weighted by Gasteiger charge is 2.36. The second-order valence-electron chi connectivity index (χ2n) is 10.4. The molecule has 200 valence electrons. The van der Waals surface area contributed by atoms with E-state index in [1.54, 1.807) is 20.1 Å². The van der Waals surface area contributed by atoms with E-state index in [-0.39, 0.29) is 22.9 Å². The summed E-state index contributed by atoms with van der Waals surface area (Å²) in [6, 6.07) is 6.90. The Morgan fingerprint density at radius 3 is 2.49 bits per heavy atom. The molecule has 0 fully saturated rings. The van der Waals surface area contributed by atoms with Crippen molar-refractivity contribution < 1.29 is 27.5 Å². The third-order valence-corrected chi connectivity index (χ3v) is 11.4. The molecule has 37 heavy (non-hydrogen) atoms. The molecule has 3 rings (SSSR count). The molecule has 0 unspecified atom stereocenters. The summed E-state index contributed by atoms with van der Waals surface area (Å²) in [5, 5.41) is 3.69. The number of nitrogens with zero attached hydrogens (tertiary/aromatic N) is 1. The highest BCUT2D eigenvalue weighted by Crippen LogP contribution is 2.37. The Hall–Kier alpha value is -3.04. The first-order valence-corrected chi connectivity index (χ1v) is 15.3. The number of carbonyl (C=O) groups is 1. The Morgan fingerprint density at radius 1 is 1.14 bits per heavy atom. The molecule has 2 aromatic carbocycles. The summed E-state index contributed by atoms with van der Waals surface area (Å²) in [5.41, 5.74) is 1.96. The summed E-state index contributed by atoms with van der Waals surface area (Å²) in [4.78, 5) is 17.2. The van der Waals surface area contributed by atoms with Crippen LogP contribution in [-0.4, -0.2) is 39.6 Å². The molecule has 6 nitrogen and oxygen atoms in total. The minimum Gasteiger partial charge on any atom is -0.496 e. The van der Waals surface area contributed by atoms with Crippen LogP contribution in [0.25, 0.3) is 10.9 Å². The van der Waals surface area contributed by atoms with Gasteiger partial charge in [0, 0.05) is 30.3 Å². The minimum absolute atomic E-state index is 0.0274. The lowest BCUT2D eigenvalue weighted by Gasteiger charge is -2.36. The topological polar surface area (TPSA) is 69.7 Å². The number of ether oxygens (including phenoxy) is 2. The molecule has 0 aliphatic heterocycles. The fraction of sp³-hybridized carbons (Fsp3) is 0.429. The fourth-order valence-electron chi connectivity index (χ4n) is 3.68. The highest BCUT2D eigenvalue weighted by molar-refractivity contribution is 6.74. The van der Waals surface area contributed by atoms with Gasteiger partial charge in [0.1, 0.15) is 22.9 Å². The van der Waals surface area contributed by atoms with Crippen LogP contribution in [0.3, 0.4) is 0 Å². The molecule has 0 atom stereocenters. The number of pyridine rings is 1. The quantitative estimate of drug-likeness (QED) is 0.167. The largest absolute Gasteiger partial charge is 0.496 e. The average Bonchev–Trinajstić information content (AvgIpc) is 2.82. The van der Waals surface area contributed by atoms with Crippen LogP contribution in [-0.2, 0) is 15.6 Å². The summed E-state index contributed by atoms with van der Waals surface area (Å²) < 4.78 is 45.2. The first-order chi connectivity index (χ1) is 17.4. The van der Waals surface area contributed by atoms with Crippen molar-refractivity contribution in [3.05, 3.63) is 59.3 Å². The number of fused-ring (bicyclic) bond motifs is 1. The normalized spacial score (nSPS) is 12.0. The molecule has 0 aliphatic carbocycles. The third kappa shape index (κ3) is 6.64. The van der Waals surface area contributed by atoms with Crippen LogP contribution in [0.2, 0.25) is 18.1 Å². The van der Waals surface area contributed by atoms with E-state index in [1.165, 1.54) is 12.3 Å². The number of esters is 1. The van der Waals surface area contributed by atoms with Crippen LogP contribution >= 0.6 is 0 Å². The second kappa shape index (κ2) is 11.6. The van der Waals surface area contributed by atoms with Crippen molar-refractivity contribution in [2.75, 3.05) is 25.6 Å². The van der Waals surface area contributed by atoms with Crippen molar-refractivity contribution in [3.63, 3.8) is 0 Å². The molecule has 9 heteroatoms. The second-order valence-corrected chi connectivity index (χ2v) is 15.2. The summed E-state index contributed by atoms with van der Waals surface area (Å²) in [6.45, 7) is 13.5. The van der Waals surface area contributed by atoms with E-state index in [0.29, 0.717) is 35.4 Å². The Bertz CT molecular complexity index is 1280. The lowest BCUT2D eigenvalue weighted by atomic mass is 10.0. The fourth-order valence-corrected chi connectivity index (χ4v) is 4.77. The lowest BCUT2D eigenvalue weighted by Crippen LogP contribution is -2.41. The van der Waals surface area contributed by atoms with Crippen LogP contribution in [0.1, 0.15) is 50.0 Å². The number of hydrogen-bond acceptors (Lipinski definition) is 6. The van der Waals surface area contributed by atoms with E-state index in [1.807, 2.05) is 6.07 Å². The van der Waals surface area contributed by atoms with Gasteiger partial charge in [-0.25, -0.2) is 13.6 Å². The first-order valence-electron chi connectivity index (χ1n) is 12.4. The molecule has 0 saturated carbocycles. The monoisotopic (exact) mass is 530 g/mol. The first kappa shape index (κ1) is 28.5. The van der Waals surface area contributed by atoms with Crippen molar-refractivity contribution in [1.29, 1.82) is 0 Å². The number of halogens is 2. The van der Waals surface area contributed by atoms with Gasteiger partial charge in [0.25, 0.3) is 0 Å². The van der Waals surface area contributed by atoms with Crippen molar-refractivity contribution in [3.8, 4) is 5.75 Å². The van der Waals surface area contributed by atoms with Gasteiger partial charge < -0.3 is 19.2 Å². The number of hydrogen-bond donors (Lipinski definition) is 1. The summed E-state index contributed by atoms with van der Waals surface area (Å²) in [6.07, 6.45) is 2.83. The van der Waals surface area contributed by atoms with Crippen LogP contribution < -0.4 is 10.1 Å². The number of anilines is 2. The van der Waals surface area contributed by atoms with Crippen molar-refractivity contribution in [2.45, 2.75) is 58.7 Å². The zero-order valence-electron chi connectivity index (χ0n) is 22.6. The molecular formula is C28H36F2N2O4Si. The number of benzene rings is 2. The highest BCUT2D eigenvalue weighted by atomic mass is 28.4. The molecule has 0 aliphatic rings. The zero-order chi connectivity index (χ0) is 27.4. The maximum Gasteiger partial charge on any atom is 0.341 e. The summed E-state index contributed by atoms with van der Waals surface area (Å²) in [5.74, 6) is -1.41. The van der Waals surface area contributed by atoms with Gasteiger partial charge in [0.15, 0.2) is 8.32 Å². The van der Waals surface area contributed by atoms with Gasteiger partial charge in [-0.05, 0) is 61.7 Å². The van der Waals surface area contributed by atoms with Crippen molar-refractivity contribution >= 4 is 36.6 Å². The van der Waals surface area contributed by atoms with E-state index < -0.39 is 25.9 Å². The lowest BCUT2D eigenvalue weighted by molar-refractivity contribution is 0.0527. The molecule has 0 spiro atoms. The third-order valence-electron chi connectivity index (χ3n) is 6.82. The van der Waals surface area contributed by atoms with E-state index in [4.69, 9.17) is 13.9 Å². The van der Waals surface area contributed by atoms with Crippen molar-refractivity contribution in [2.24, 2.45) is 0 Å². The van der Waals surface area contributed by atoms with Crippen LogP contribution in [0.4, 0.5) is 20.2 Å². The predicted octanol–water partition coefficient (Wildman–Crippen LogP) is 7.40. The number of aromatic nitrogens is 1. The molecule has 1 heterocycles. The molecular weight excluding hydrogens is 494 g/mol. The van der Waals surface area contributed by atoms with E-state index in [2.05, 4.69) is 44.2 Å². The summed E-state index contributed by atoms with van der Waals surface area (Å²) in [7, 11) is -0.269. The van der Waals surface area contributed by atoms with Crippen LogP contribution in [0, 0.1) is 11.6 Å². The SMILES string of the molecule is CCOC(=O)c1cnc2cc(OC)c(CCCO[Si](C)(C)C(C)(C)C)cc2c1Nc1ccc(F)cc1F. The smallest absolute Gasteiger partial charge is 0.341 e. The van der Waals surface area contributed by atoms with Crippen LogP contribution in [0.15, 0.2) is 36.5 Å². The molecule has 0 radical (unpaired) electrons. The van der Waals surface area contributed by atoms with Gasteiger partial charge in [-0.1, -0.05) is 20.8 Å². The number of nitrogens with one attached hydrogen (secondary N) is 1. The van der Waals surface area contributed by atoms with E-state index >= 15 is 0 Å². The summed E-state index contributed by atoms with van der Waals surface area (Å²) >= 11 is 0. The molecule has 1 aromatic heterocycles. The molecule has 0 amide bonds. The number of rotatable bonds is 10. The van der Waals surface area contributed by atoms with Crippen LogP contribution in [0.5, 0.6) is 5.75 Å². The Balaban J connectivity index is 2.01. The number of carbonyl (C=O) groups excluding carboxylic acids is 1. The van der Waals surface area contributed by atoms with Gasteiger partial charge in [-0.2, -0.15) is 0 Å².